The molecule has 1 amide bonds. The third kappa shape index (κ3) is 5.09. The van der Waals surface area contributed by atoms with Crippen molar-refractivity contribution >= 4 is 16.8 Å². The summed E-state index contributed by atoms with van der Waals surface area (Å²) in [5.41, 5.74) is 5.00. The molecule has 192 valence electrons. The molecule has 1 fully saturated rings. The van der Waals surface area contributed by atoms with Crippen LogP contribution in [0.15, 0.2) is 54.6 Å². The van der Waals surface area contributed by atoms with Crippen LogP contribution >= 0.6 is 0 Å². The zero-order chi connectivity index (χ0) is 25.2. The second kappa shape index (κ2) is 10.8. The fourth-order valence-corrected chi connectivity index (χ4v) is 6.64. The van der Waals surface area contributed by atoms with Crippen LogP contribution in [0.25, 0.3) is 10.9 Å². The van der Waals surface area contributed by atoms with E-state index in [0.29, 0.717) is 24.2 Å². The number of carbonyl (C=O) groups excluding carboxylic acids is 1. The fraction of sp³-hybridized carbons (Fsp3) is 0.516. The van der Waals surface area contributed by atoms with Gasteiger partial charge in [-0.2, -0.15) is 0 Å². The number of nitrogens with zero attached hydrogens (tertiary/aromatic N) is 2. The van der Waals surface area contributed by atoms with Gasteiger partial charge in [0.15, 0.2) is 0 Å². The Bertz CT molecular complexity index is 1160. The number of hydrogen-bond donors (Lipinski definition) is 2. The minimum Gasteiger partial charge on any atom is -0.378 e. The highest BCUT2D eigenvalue weighted by atomic mass is 16.3. The van der Waals surface area contributed by atoms with Crippen molar-refractivity contribution in [2.45, 2.75) is 64.6 Å². The molecule has 2 heterocycles. The Kier molecular flexibility index (Phi) is 7.49. The van der Waals surface area contributed by atoms with Gasteiger partial charge < -0.3 is 15.0 Å². The Morgan fingerprint density at radius 3 is 2.47 bits per heavy atom. The molecular weight excluding hydrogens is 446 g/mol. The van der Waals surface area contributed by atoms with Crippen molar-refractivity contribution < 1.29 is 9.90 Å². The number of rotatable bonds is 7. The molecule has 5 heteroatoms. The number of likely N-dealkylation sites (N-methyl/N-ethyl adjacent to an activating group) is 1. The van der Waals surface area contributed by atoms with Gasteiger partial charge in [0.1, 0.15) is 6.23 Å². The summed E-state index contributed by atoms with van der Waals surface area (Å²) in [6.07, 6.45) is 5.21. The molecule has 2 N–H and O–H groups in total. The minimum absolute atomic E-state index is 0.186. The molecule has 5 nitrogen and oxygen atoms in total. The molecule has 0 radical (unpaired) electrons. The quantitative estimate of drug-likeness (QED) is 0.459. The van der Waals surface area contributed by atoms with Crippen molar-refractivity contribution in [3.05, 3.63) is 71.4 Å². The molecule has 3 aromatic rings. The number of benzene rings is 2. The molecule has 5 rings (SSSR count). The monoisotopic (exact) mass is 487 g/mol. The molecule has 0 bridgehead atoms. The maximum absolute atomic E-state index is 12.7. The van der Waals surface area contributed by atoms with E-state index in [4.69, 9.17) is 0 Å². The Morgan fingerprint density at radius 1 is 1.06 bits per heavy atom. The molecule has 1 aromatic heterocycles. The van der Waals surface area contributed by atoms with Crippen molar-refractivity contribution in [2.75, 3.05) is 20.1 Å². The van der Waals surface area contributed by atoms with E-state index >= 15 is 0 Å². The second-order valence-electron chi connectivity index (χ2n) is 11.4. The summed E-state index contributed by atoms with van der Waals surface area (Å²) in [5, 5.41) is 12.9. The summed E-state index contributed by atoms with van der Waals surface area (Å²) in [4.78, 5) is 20.7. The van der Waals surface area contributed by atoms with Crippen molar-refractivity contribution in [2.24, 2.45) is 17.8 Å². The van der Waals surface area contributed by atoms with Crippen molar-refractivity contribution in [3.8, 4) is 0 Å². The van der Waals surface area contributed by atoms with Gasteiger partial charge in [-0.15, -0.1) is 0 Å². The first-order chi connectivity index (χ1) is 17.4. The predicted octanol–water partition coefficient (Wildman–Crippen LogP) is 5.55. The van der Waals surface area contributed by atoms with Gasteiger partial charge in [-0.3, -0.25) is 9.69 Å². The molecule has 1 aliphatic carbocycles. The zero-order valence-electron chi connectivity index (χ0n) is 22.0. The van der Waals surface area contributed by atoms with Crippen molar-refractivity contribution in [1.82, 2.24) is 14.8 Å². The number of H-pyrrole nitrogens is 1. The Balaban J connectivity index is 1.19. The third-order valence-corrected chi connectivity index (χ3v) is 8.56. The number of amides is 1. The maximum Gasteiger partial charge on any atom is 0.226 e. The highest BCUT2D eigenvalue weighted by Gasteiger charge is 2.39. The summed E-state index contributed by atoms with van der Waals surface area (Å²) >= 11 is 0. The SMILES string of the molecule is CC(C)C1c2[nH]c3ccccc3c2CCN1C(O)[C@H]1CC[C@H](CN(C)C(=O)Cc2ccccc2)CC1. The van der Waals surface area contributed by atoms with Gasteiger partial charge in [0, 0.05) is 36.7 Å². The van der Waals surface area contributed by atoms with Gasteiger partial charge >= 0.3 is 0 Å². The van der Waals surface area contributed by atoms with Crippen LogP contribution in [0.1, 0.15) is 62.4 Å². The van der Waals surface area contributed by atoms with Crippen LogP contribution in [-0.2, 0) is 17.6 Å². The highest BCUT2D eigenvalue weighted by Crippen LogP contribution is 2.42. The molecule has 36 heavy (non-hydrogen) atoms. The van der Waals surface area contributed by atoms with E-state index < -0.39 is 6.23 Å². The zero-order valence-corrected chi connectivity index (χ0v) is 22.0. The number of aliphatic hydroxyl groups excluding tert-OH is 1. The number of aromatic amines is 1. The van der Waals surface area contributed by atoms with E-state index in [1.807, 2.05) is 42.3 Å². The molecule has 0 spiro atoms. The average molecular weight is 488 g/mol. The van der Waals surface area contributed by atoms with E-state index in [9.17, 15) is 9.90 Å². The number of carbonyl (C=O) groups is 1. The van der Waals surface area contributed by atoms with Crippen molar-refractivity contribution in [3.63, 3.8) is 0 Å². The van der Waals surface area contributed by atoms with E-state index in [2.05, 4.69) is 48.0 Å². The number of fused-ring (bicyclic) bond motifs is 3. The molecule has 2 unspecified atom stereocenters. The number of hydrogen-bond acceptors (Lipinski definition) is 3. The van der Waals surface area contributed by atoms with Crippen LogP contribution in [0.2, 0.25) is 0 Å². The summed E-state index contributed by atoms with van der Waals surface area (Å²) in [5.74, 6) is 1.40. The Hall–Kier alpha value is -2.63. The molecule has 2 aliphatic rings. The minimum atomic E-state index is -0.421. The standard InChI is InChI=1S/C31H41N3O2/c1-21(2)30-29-26(25-11-7-8-12-27(25)32-29)17-18-34(30)31(36)24-15-13-23(14-16-24)20-33(3)28(35)19-22-9-5-4-6-10-22/h4-12,21,23-24,30-32,36H,13-20H2,1-3H3/t23-,24-,30?,31?. The first-order valence-electron chi connectivity index (χ1n) is 13.7. The maximum atomic E-state index is 12.7. The number of nitrogens with one attached hydrogen (secondary N) is 1. The number of aromatic nitrogens is 1. The molecule has 2 aromatic carbocycles. The number of aliphatic hydroxyl groups is 1. The normalized spacial score (nSPS) is 23.5. The second-order valence-corrected chi connectivity index (χ2v) is 11.4. The van der Waals surface area contributed by atoms with Crippen LogP contribution in [0, 0.1) is 17.8 Å². The number of para-hydroxylation sites is 1. The first-order valence-corrected chi connectivity index (χ1v) is 13.7. The Labute approximate surface area is 215 Å². The van der Waals surface area contributed by atoms with E-state index in [1.165, 1.54) is 22.2 Å². The first kappa shape index (κ1) is 25.0. The van der Waals surface area contributed by atoms with Crippen LogP contribution < -0.4 is 0 Å². The lowest BCUT2D eigenvalue weighted by Crippen LogP contribution is -2.49. The molecule has 0 saturated heterocycles. The lowest BCUT2D eigenvalue weighted by atomic mass is 9.79. The third-order valence-electron chi connectivity index (χ3n) is 8.56. The van der Waals surface area contributed by atoms with Crippen LogP contribution in [-0.4, -0.2) is 52.2 Å². The van der Waals surface area contributed by atoms with Gasteiger partial charge in [-0.05, 0) is 67.1 Å². The van der Waals surface area contributed by atoms with Gasteiger partial charge in [0.2, 0.25) is 5.91 Å². The Morgan fingerprint density at radius 2 is 1.75 bits per heavy atom. The van der Waals surface area contributed by atoms with Crippen molar-refractivity contribution in [1.29, 1.82) is 0 Å². The topological polar surface area (TPSA) is 59.6 Å². The molecule has 1 saturated carbocycles. The van der Waals surface area contributed by atoms with Crippen LogP contribution in [0.3, 0.4) is 0 Å². The van der Waals surface area contributed by atoms with E-state index in [1.54, 1.807) is 0 Å². The largest absolute Gasteiger partial charge is 0.378 e. The fourth-order valence-electron chi connectivity index (χ4n) is 6.64. The lowest BCUT2D eigenvalue weighted by molar-refractivity contribution is -0.130. The summed E-state index contributed by atoms with van der Waals surface area (Å²) in [6.45, 7) is 6.25. The molecule has 1 aliphatic heterocycles. The molecular formula is C31H41N3O2. The smallest absolute Gasteiger partial charge is 0.226 e. The van der Waals surface area contributed by atoms with Crippen LogP contribution in [0.4, 0.5) is 0 Å². The van der Waals surface area contributed by atoms with E-state index in [-0.39, 0.29) is 11.9 Å². The van der Waals surface area contributed by atoms with Gasteiger partial charge in [-0.25, -0.2) is 0 Å². The highest BCUT2D eigenvalue weighted by molar-refractivity contribution is 5.85. The van der Waals surface area contributed by atoms with Gasteiger partial charge in [0.25, 0.3) is 0 Å². The average Bonchev–Trinajstić information content (AvgIpc) is 3.27. The van der Waals surface area contributed by atoms with Gasteiger partial charge in [0.05, 0.1) is 12.5 Å². The lowest BCUT2D eigenvalue weighted by Gasteiger charge is -2.45. The summed E-state index contributed by atoms with van der Waals surface area (Å²) in [6, 6.07) is 18.8. The summed E-state index contributed by atoms with van der Waals surface area (Å²) in [7, 11) is 1.94. The summed E-state index contributed by atoms with van der Waals surface area (Å²) < 4.78 is 0. The molecule has 2 atom stereocenters. The predicted molar refractivity (Wildman–Crippen MR) is 146 cm³/mol. The van der Waals surface area contributed by atoms with Crippen LogP contribution in [0.5, 0.6) is 0 Å². The van der Waals surface area contributed by atoms with E-state index in [0.717, 1.165) is 50.8 Å². The van der Waals surface area contributed by atoms with Gasteiger partial charge in [-0.1, -0.05) is 62.4 Å².